The van der Waals surface area contributed by atoms with E-state index >= 15 is 0 Å². The van der Waals surface area contributed by atoms with Gasteiger partial charge in [-0.3, -0.25) is 0 Å². The van der Waals surface area contributed by atoms with Gasteiger partial charge in [-0.05, 0) is 32.0 Å². The predicted octanol–water partition coefficient (Wildman–Crippen LogP) is 3.35. The maximum atomic E-state index is 6.01. The molecule has 1 atom stereocenters. The SMILES string of the molecule is CC(C)CC(OCCN(C)C)c1ccccc1. The summed E-state index contributed by atoms with van der Waals surface area (Å²) < 4.78 is 6.01. The van der Waals surface area contributed by atoms with Gasteiger partial charge < -0.3 is 9.64 Å². The van der Waals surface area contributed by atoms with Gasteiger partial charge in [-0.25, -0.2) is 0 Å². The Hall–Kier alpha value is -0.860. The molecule has 0 N–H and O–H groups in total. The quantitative estimate of drug-likeness (QED) is 0.718. The molecule has 0 aliphatic carbocycles. The van der Waals surface area contributed by atoms with Crippen molar-refractivity contribution in [2.45, 2.75) is 26.4 Å². The third-order valence-corrected chi connectivity index (χ3v) is 2.71. The Morgan fingerprint density at radius 3 is 2.29 bits per heavy atom. The van der Waals surface area contributed by atoms with Crippen molar-refractivity contribution in [2.24, 2.45) is 5.92 Å². The Balaban J connectivity index is 2.55. The molecule has 0 bridgehead atoms. The highest BCUT2D eigenvalue weighted by Crippen LogP contribution is 2.24. The van der Waals surface area contributed by atoms with Gasteiger partial charge in [0.25, 0.3) is 0 Å². The van der Waals surface area contributed by atoms with Gasteiger partial charge in [0.05, 0.1) is 12.7 Å². The first-order chi connectivity index (χ1) is 8.09. The lowest BCUT2D eigenvalue weighted by molar-refractivity contribution is 0.0302. The van der Waals surface area contributed by atoms with E-state index in [-0.39, 0.29) is 6.10 Å². The molecule has 2 heteroatoms. The van der Waals surface area contributed by atoms with Gasteiger partial charge in [-0.15, -0.1) is 0 Å². The van der Waals surface area contributed by atoms with Crippen LogP contribution in [0.4, 0.5) is 0 Å². The van der Waals surface area contributed by atoms with Gasteiger partial charge in [0.15, 0.2) is 0 Å². The Morgan fingerprint density at radius 1 is 1.12 bits per heavy atom. The van der Waals surface area contributed by atoms with Gasteiger partial charge >= 0.3 is 0 Å². The van der Waals surface area contributed by atoms with Crippen molar-refractivity contribution >= 4 is 0 Å². The van der Waals surface area contributed by atoms with Crippen molar-refractivity contribution in [2.75, 3.05) is 27.2 Å². The molecule has 0 radical (unpaired) electrons. The van der Waals surface area contributed by atoms with Crippen LogP contribution in [0, 0.1) is 5.92 Å². The first kappa shape index (κ1) is 14.2. The topological polar surface area (TPSA) is 12.5 Å². The van der Waals surface area contributed by atoms with Crippen molar-refractivity contribution in [1.29, 1.82) is 0 Å². The molecule has 0 amide bonds. The van der Waals surface area contributed by atoms with Crippen LogP contribution >= 0.6 is 0 Å². The summed E-state index contributed by atoms with van der Waals surface area (Å²) in [6, 6.07) is 10.5. The van der Waals surface area contributed by atoms with E-state index in [1.165, 1.54) is 5.56 Å². The van der Waals surface area contributed by atoms with Gasteiger partial charge in [0.2, 0.25) is 0 Å². The third kappa shape index (κ3) is 5.85. The molecular formula is C15H25NO. The lowest BCUT2D eigenvalue weighted by Crippen LogP contribution is -2.20. The van der Waals surface area contributed by atoms with E-state index in [1.807, 2.05) is 0 Å². The number of likely N-dealkylation sites (N-methyl/N-ethyl adjacent to an activating group) is 1. The molecule has 1 unspecified atom stereocenters. The highest BCUT2D eigenvalue weighted by molar-refractivity contribution is 5.17. The molecule has 0 fully saturated rings. The summed E-state index contributed by atoms with van der Waals surface area (Å²) >= 11 is 0. The highest BCUT2D eigenvalue weighted by atomic mass is 16.5. The zero-order chi connectivity index (χ0) is 12.7. The Bertz CT molecular complexity index is 295. The molecule has 0 spiro atoms. The summed E-state index contributed by atoms with van der Waals surface area (Å²) in [6.45, 7) is 6.25. The molecule has 17 heavy (non-hydrogen) atoms. The minimum atomic E-state index is 0.233. The van der Waals surface area contributed by atoms with E-state index in [0.717, 1.165) is 19.6 Å². The number of nitrogens with zero attached hydrogens (tertiary/aromatic N) is 1. The molecule has 96 valence electrons. The monoisotopic (exact) mass is 235 g/mol. The van der Waals surface area contributed by atoms with Gasteiger partial charge in [-0.2, -0.15) is 0 Å². The van der Waals surface area contributed by atoms with E-state index in [2.05, 4.69) is 63.2 Å². The van der Waals surface area contributed by atoms with E-state index in [1.54, 1.807) is 0 Å². The number of ether oxygens (including phenoxy) is 1. The first-order valence-corrected chi connectivity index (χ1v) is 6.41. The van der Waals surface area contributed by atoms with Crippen LogP contribution in [0.15, 0.2) is 30.3 Å². The molecule has 0 saturated heterocycles. The molecular weight excluding hydrogens is 210 g/mol. The van der Waals surface area contributed by atoms with Crippen molar-refractivity contribution in [1.82, 2.24) is 4.90 Å². The highest BCUT2D eigenvalue weighted by Gasteiger charge is 2.13. The average molecular weight is 235 g/mol. The second-order valence-corrected chi connectivity index (χ2v) is 5.20. The van der Waals surface area contributed by atoms with E-state index in [9.17, 15) is 0 Å². The lowest BCUT2D eigenvalue weighted by Gasteiger charge is -2.21. The van der Waals surface area contributed by atoms with E-state index < -0.39 is 0 Å². The molecule has 1 aromatic carbocycles. The van der Waals surface area contributed by atoms with Crippen molar-refractivity contribution in [3.8, 4) is 0 Å². The predicted molar refractivity (Wildman–Crippen MR) is 73.1 cm³/mol. The zero-order valence-electron chi connectivity index (χ0n) is 11.5. The van der Waals surface area contributed by atoms with Gasteiger partial charge in [0.1, 0.15) is 0 Å². The second kappa shape index (κ2) is 7.46. The van der Waals surface area contributed by atoms with Crippen LogP contribution < -0.4 is 0 Å². The fourth-order valence-electron chi connectivity index (χ4n) is 1.77. The molecule has 0 aliphatic rings. The maximum absolute atomic E-state index is 6.01. The summed E-state index contributed by atoms with van der Waals surface area (Å²) in [4.78, 5) is 2.15. The Morgan fingerprint density at radius 2 is 1.76 bits per heavy atom. The maximum Gasteiger partial charge on any atom is 0.0828 e. The Labute approximate surface area is 106 Å². The molecule has 1 aromatic rings. The van der Waals surface area contributed by atoms with E-state index in [0.29, 0.717) is 5.92 Å². The lowest BCUT2D eigenvalue weighted by atomic mass is 9.99. The molecule has 0 heterocycles. The first-order valence-electron chi connectivity index (χ1n) is 6.41. The number of hydrogen-bond donors (Lipinski definition) is 0. The largest absolute Gasteiger partial charge is 0.372 e. The van der Waals surface area contributed by atoms with Crippen LogP contribution in [0.2, 0.25) is 0 Å². The van der Waals surface area contributed by atoms with Crippen molar-refractivity contribution in [3.05, 3.63) is 35.9 Å². The summed E-state index contributed by atoms with van der Waals surface area (Å²) in [5.74, 6) is 0.652. The smallest absolute Gasteiger partial charge is 0.0828 e. The minimum Gasteiger partial charge on any atom is -0.372 e. The number of rotatable bonds is 7. The van der Waals surface area contributed by atoms with Crippen LogP contribution in [0.25, 0.3) is 0 Å². The van der Waals surface area contributed by atoms with Gasteiger partial charge in [0, 0.05) is 6.54 Å². The minimum absolute atomic E-state index is 0.233. The van der Waals surface area contributed by atoms with Crippen LogP contribution in [0.3, 0.4) is 0 Å². The van der Waals surface area contributed by atoms with Crippen LogP contribution in [0.1, 0.15) is 31.9 Å². The standard InChI is InChI=1S/C15H25NO/c1-13(2)12-15(17-11-10-16(3)4)14-8-6-5-7-9-14/h5-9,13,15H,10-12H2,1-4H3. The van der Waals surface area contributed by atoms with Crippen LogP contribution in [-0.2, 0) is 4.74 Å². The molecule has 0 saturated carbocycles. The molecule has 1 rings (SSSR count). The van der Waals surface area contributed by atoms with E-state index in [4.69, 9.17) is 4.74 Å². The number of benzene rings is 1. The average Bonchev–Trinajstić information content (AvgIpc) is 2.28. The fourth-order valence-corrected chi connectivity index (χ4v) is 1.77. The van der Waals surface area contributed by atoms with Gasteiger partial charge in [-0.1, -0.05) is 44.2 Å². The molecule has 0 aliphatic heterocycles. The number of hydrogen-bond acceptors (Lipinski definition) is 2. The zero-order valence-corrected chi connectivity index (χ0v) is 11.5. The molecule has 2 nitrogen and oxygen atoms in total. The van der Waals surface area contributed by atoms with Crippen LogP contribution in [0.5, 0.6) is 0 Å². The second-order valence-electron chi connectivity index (χ2n) is 5.20. The summed E-state index contributed by atoms with van der Waals surface area (Å²) in [5.41, 5.74) is 1.29. The molecule has 0 aromatic heterocycles. The van der Waals surface area contributed by atoms with Crippen LogP contribution in [-0.4, -0.2) is 32.1 Å². The third-order valence-electron chi connectivity index (χ3n) is 2.71. The van der Waals surface area contributed by atoms with Crippen molar-refractivity contribution < 1.29 is 4.74 Å². The summed E-state index contributed by atoms with van der Waals surface area (Å²) in [5, 5.41) is 0. The fraction of sp³-hybridized carbons (Fsp3) is 0.600. The van der Waals surface area contributed by atoms with Crippen molar-refractivity contribution in [3.63, 3.8) is 0 Å². The summed E-state index contributed by atoms with van der Waals surface area (Å²) in [7, 11) is 4.15. The Kier molecular flexibility index (Phi) is 6.23. The normalized spacial score (nSPS) is 13.3. The summed E-state index contributed by atoms with van der Waals surface area (Å²) in [6.07, 6.45) is 1.31.